The first-order valence-electron chi connectivity index (χ1n) is 4.36. The zero-order valence-corrected chi connectivity index (χ0v) is 7.99. The standard InChI is InChI=1S/C9H7N3O4/c13-8(14)4-12-10-6-2-1-5(9(15)16)3-7(6)11-12/h1-3H,4H2,(H,13,14)(H,15,16). The van der Waals surface area contributed by atoms with Crippen LogP contribution in [0.3, 0.4) is 0 Å². The minimum Gasteiger partial charge on any atom is -0.480 e. The molecule has 0 aliphatic rings. The normalized spacial score (nSPS) is 10.5. The van der Waals surface area contributed by atoms with E-state index in [4.69, 9.17) is 10.2 Å². The van der Waals surface area contributed by atoms with Crippen LogP contribution in [-0.4, -0.2) is 37.1 Å². The Hall–Kier alpha value is -2.44. The van der Waals surface area contributed by atoms with E-state index >= 15 is 0 Å². The Labute approximate surface area is 88.9 Å². The molecule has 0 aliphatic carbocycles. The summed E-state index contributed by atoms with van der Waals surface area (Å²) >= 11 is 0. The molecule has 0 atom stereocenters. The second-order valence-electron chi connectivity index (χ2n) is 3.13. The predicted octanol–water partition coefficient (Wildman–Crippen LogP) is 0.214. The molecule has 0 fully saturated rings. The molecule has 0 radical (unpaired) electrons. The lowest BCUT2D eigenvalue weighted by molar-refractivity contribution is -0.138. The molecule has 82 valence electrons. The number of aromatic nitrogens is 3. The van der Waals surface area contributed by atoms with Gasteiger partial charge in [-0.25, -0.2) is 4.79 Å². The van der Waals surface area contributed by atoms with Crippen LogP contribution >= 0.6 is 0 Å². The molecule has 1 aromatic carbocycles. The summed E-state index contributed by atoms with van der Waals surface area (Å²) in [5.41, 5.74) is 0.919. The Morgan fingerprint density at radius 2 is 1.88 bits per heavy atom. The molecule has 0 spiro atoms. The summed E-state index contributed by atoms with van der Waals surface area (Å²) in [4.78, 5) is 22.1. The van der Waals surface area contributed by atoms with Crippen molar-refractivity contribution in [3.05, 3.63) is 23.8 Å². The van der Waals surface area contributed by atoms with Gasteiger partial charge >= 0.3 is 11.9 Å². The maximum atomic E-state index is 10.7. The van der Waals surface area contributed by atoms with Crippen molar-refractivity contribution in [1.82, 2.24) is 15.0 Å². The van der Waals surface area contributed by atoms with Crippen molar-refractivity contribution in [2.24, 2.45) is 0 Å². The van der Waals surface area contributed by atoms with Crippen LogP contribution in [0.15, 0.2) is 18.2 Å². The molecule has 0 bridgehead atoms. The zero-order chi connectivity index (χ0) is 11.7. The van der Waals surface area contributed by atoms with Crippen LogP contribution < -0.4 is 0 Å². The summed E-state index contributed by atoms with van der Waals surface area (Å²) in [6.45, 7) is -0.350. The van der Waals surface area contributed by atoms with E-state index in [9.17, 15) is 9.59 Å². The number of hydrogen-bond donors (Lipinski definition) is 2. The molecule has 1 aromatic heterocycles. The highest BCUT2D eigenvalue weighted by Crippen LogP contribution is 2.11. The van der Waals surface area contributed by atoms with E-state index < -0.39 is 11.9 Å². The molecule has 16 heavy (non-hydrogen) atoms. The first kappa shape index (κ1) is 10.1. The maximum absolute atomic E-state index is 10.7. The average Bonchev–Trinajstić information content (AvgIpc) is 2.56. The molecule has 7 nitrogen and oxygen atoms in total. The molecule has 1 heterocycles. The molecular weight excluding hydrogens is 214 g/mol. The van der Waals surface area contributed by atoms with Crippen molar-refractivity contribution in [3.8, 4) is 0 Å². The third-order valence-electron chi connectivity index (χ3n) is 1.95. The van der Waals surface area contributed by atoms with E-state index in [-0.39, 0.29) is 12.1 Å². The third-order valence-corrected chi connectivity index (χ3v) is 1.95. The Morgan fingerprint density at radius 1 is 1.19 bits per heavy atom. The topological polar surface area (TPSA) is 105 Å². The number of aromatic carboxylic acids is 1. The largest absolute Gasteiger partial charge is 0.480 e. The average molecular weight is 221 g/mol. The highest BCUT2D eigenvalue weighted by Gasteiger charge is 2.09. The monoisotopic (exact) mass is 221 g/mol. The van der Waals surface area contributed by atoms with Crippen molar-refractivity contribution in [3.63, 3.8) is 0 Å². The molecule has 7 heteroatoms. The maximum Gasteiger partial charge on any atom is 0.335 e. The van der Waals surface area contributed by atoms with Crippen molar-refractivity contribution >= 4 is 23.0 Å². The second kappa shape index (κ2) is 3.61. The lowest BCUT2D eigenvalue weighted by atomic mass is 10.2. The van der Waals surface area contributed by atoms with Gasteiger partial charge in [-0.3, -0.25) is 4.79 Å². The quantitative estimate of drug-likeness (QED) is 0.767. The van der Waals surface area contributed by atoms with Crippen molar-refractivity contribution < 1.29 is 19.8 Å². The Morgan fingerprint density at radius 3 is 2.50 bits per heavy atom. The number of carbonyl (C=O) groups is 2. The minimum absolute atomic E-state index is 0.0925. The van der Waals surface area contributed by atoms with Gasteiger partial charge in [0.05, 0.1) is 5.56 Å². The number of hydrogen-bond acceptors (Lipinski definition) is 4. The molecule has 2 N–H and O–H groups in total. The fourth-order valence-corrected chi connectivity index (χ4v) is 1.28. The van der Waals surface area contributed by atoms with Gasteiger partial charge in [-0.2, -0.15) is 15.0 Å². The van der Waals surface area contributed by atoms with E-state index in [0.29, 0.717) is 11.0 Å². The van der Waals surface area contributed by atoms with Gasteiger partial charge in [-0.1, -0.05) is 0 Å². The molecule has 0 amide bonds. The summed E-state index contributed by atoms with van der Waals surface area (Å²) < 4.78 is 0. The molecule has 0 aliphatic heterocycles. The van der Waals surface area contributed by atoms with Crippen molar-refractivity contribution in [2.45, 2.75) is 6.54 Å². The van der Waals surface area contributed by atoms with Gasteiger partial charge in [0.1, 0.15) is 11.0 Å². The molecule has 0 saturated heterocycles. The van der Waals surface area contributed by atoms with Gasteiger partial charge in [0, 0.05) is 0 Å². The summed E-state index contributed by atoms with van der Waals surface area (Å²) in [6.07, 6.45) is 0. The van der Waals surface area contributed by atoms with Gasteiger partial charge in [-0.15, -0.1) is 0 Å². The number of carboxylic acids is 2. The first-order chi connectivity index (χ1) is 7.56. The Kier molecular flexibility index (Phi) is 2.28. The summed E-state index contributed by atoms with van der Waals surface area (Å²) in [5.74, 6) is -2.12. The number of fused-ring (bicyclic) bond motifs is 1. The third kappa shape index (κ3) is 1.83. The van der Waals surface area contributed by atoms with Gasteiger partial charge < -0.3 is 10.2 Å². The van der Waals surface area contributed by atoms with Crippen LogP contribution in [0, 0.1) is 0 Å². The molecule has 0 unspecified atom stereocenters. The van der Waals surface area contributed by atoms with E-state index in [0.717, 1.165) is 4.80 Å². The molecular formula is C9H7N3O4. The van der Waals surface area contributed by atoms with Crippen molar-refractivity contribution in [2.75, 3.05) is 0 Å². The van der Waals surface area contributed by atoms with E-state index in [1.807, 2.05) is 0 Å². The Balaban J connectivity index is 2.45. The zero-order valence-electron chi connectivity index (χ0n) is 7.99. The summed E-state index contributed by atoms with van der Waals surface area (Å²) in [7, 11) is 0. The highest BCUT2D eigenvalue weighted by atomic mass is 16.4. The van der Waals surface area contributed by atoms with Crippen LogP contribution in [0.4, 0.5) is 0 Å². The summed E-state index contributed by atoms with van der Waals surface area (Å²) in [6, 6.07) is 4.23. The number of benzene rings is 1. The first-order valence-corrected chi connectivity index (χ1v) is 4.36. The van der Waals surface area contributed by atoms with Gasteiger partial charge in [0.2, 0.25) is 0 Å². The second-order valence-corrected chi connectivity index (χ2v) is 3.13. The van der Waals surface area contributed by atoms with Crippen LogP contribution in [0.2, 0.25) is 0 Å². The lowest BCUT2D eigenvalue weighted by Gasteiger charge is -1.90. The van der Waals surface area contributed by atoms with Crippen LogP contribution in [0.25, 0.3) is 11.0 Å². The SMILES string of the molecule is O=C(O)Cn1nc2ccc(C(=O)O)cc2n1. The number of aliphatic carboxylic acids is 1. The fraction of sp³-hybridized carbons (Fsp3) is 0.111. The number of rotatable bonds is 3. The van der Waals surface area contributed by atoms with Crippen molar-refractivity contribution in [1.29, 1.82) is 0 Å². The van der Waals surface area contributed by atoms with Gasteiger partial charge in [-0.05, 0) is 18.2 Å². The molecule has 2 rings (SSSR count). The van der Waals surface area contributed by atoms with Crippen LogP contribution in [0.1, 0.15) is 10.4 Å². The Bertz CT molecular complexity index is 575. The van der Waals surface area contributed by atoms with E-state index in [2.05, 4.69) is 10.2 Å². The van der Waals surface area contributed by atoms with Gasteiger partial charge in [0.15, 0.2) is 6.54 Å². The highest BCUT2D eigenvalue weighted by molar-refractivity contribution is 5.92. The number of nitrogens with zero attached hydrogens (tertiary/aromatic N) is 3. The predicted molar refractivity (Wildman–Crippen MR) is 52.1 cm³/mol. The molecule has 0 saturated carbocycles. The minimum atomic E-state index is -1.06. The lowest BCUT2D eigenvalue weighted by Crippen LogP contribution is -2.11. The van der Waals surface area contributed by atoms with Crippen LogP contribution in [-0.2, 0) is 11.3 Å². The van der Waals surface area contributed by atoms with E-state index in [1.54, 1.807) is 0 Å². The fourth-order valence-electron chi connectivity index (χ4n) is 1.28. The van der Waals surface area contributed by atoms with Crippen LogP contribution in [0.5, 0.6) is 0 Å². The smallest absolute Gasteiger partial charge is 0.335 e. The summed E-state index contributed by atoms with van der Waals surface area (Å²) in [5, 5.41) is 25.0. The van der Waals surface area contributed by atoms with Gasteiger partial charge in [0.25, 0.3) is 0 Å². The molecule has 2 aromatic rings. The van der Waals surface area contributed by atoms with E-state index in [1.165, 1.54) is 18.2 Å². The number of carboxylic acid groups (broad SMARTS) is 2.